The fourth-order valence-corrected chi connectivity index (χ4v) is 4.27. The predicted molar refractivity (Wildman–Crippen MR) is 96.4 cm³/mol. The summed E-state index contributed by atoms with van der Waals surface area (Å²) < 4.78 is 40.2. The Balaban J connectivity index is 1.88. The third-order valence-electron chi connectivity index (χ3n) is 6.10. The average Bonchev–Trinajstić information content (AvgIpc) is 3.03. The molecule has 0 amide bonds. The van der Waals surface area contributed by atoms with E-state index < -0.39 is 49.0 Å². The van der Waals surface area contributed by atoms with Gasteiger partial charge in [0.05, 0.1) is 24.4 Å². The first-order valence-electron chi connectivity index (χ1n) is 10.0. The standard InChI is InChI=1S/C20H36F2O4/c1-9(2)17-13(21)16(24)20(25-17)12(6)8-7-11(5)19-14(22)15(23)18(26-19)10(3)4/h9-20,23-24H,7-8H2,1-6H3/t11?,12?,13-,14+,15-,16-,17-,18+,19-,20+/m1/s1. The Morgan fingerprint density at radius 1 is 0.654 bits per heavy atom. The van der Waals surface area contributed by atoms with Gasteiger partial charge >= 0.3 is 0 Å². The Bertz CT molecular complexity index is 408. The monoisotopic (exact) mass is 378 g/mol. The lowest BCUT2D eigenvalue weighted by Crippen LogP contribution is -2.35. The first-order chi connectivity index (χ1) is 12.1. The average molecular weight is 378 g/mol. The lowest BCUT2D eigenvalue weighted by Gasteiger charge is -2.26. The van der Waals surface area contributed by atoms with Crippen LogP contribution in [0.3, 0.4) is 0 Å². The molecule has 0 aromatic carbocycles. The van der Waals surface area contributed by atoms with E-state index in [1.165, 1.54) is 0 Å². The zero-order valence-corrected chi connectivity index (χ0v) is 16.8. The number of ether oxygens (including phenoxy) is 2. The van der Waals surface area contributed by atoms with E-state index in [0.717, 1.165) is 0 Å². The highest BCUT2D eigenvalue weighted by Gasteiger charge is 2.49. The van der Waals surface area contributed by atoms with Gasteiger partial charge in [0, 0.05) is 0 Å². The lowest BCUT2D eigenvalue weighted by atomic mass is 9.87. The molecule has 2 saturated heterocycles. The summed E-state index contributed by atoms with van der Waals surface area (Å²) in [5.41, 5.74) is 0. The second-order valence-corrected chi connectivity index (χ2v) is 9.02. The van der Waals surface area contributed by atoms with Crippen molar-refractivity contribution in [1.29, 1.82) is 0 Å². The number of hydrogen-bond donors (Lipinski definition) is 2. The molecule has 6 heteroatoms. The molecule has 154 valence electrons. The second kappa shape index (κ2) is 8.80. The summed E-state index contributed by atoms with van der Waals surface area (Å²) in [5, 5.41) is 20.2. The van der Waals surface area contributed by atoms with E-state index in [4.69, 9.17) is 9.47 Å². The van der Waals surface area contributed by atoms with Gasteiger partial charge in [-0.05, 0) is 36.5 Å². The van der Waals surface area contributed by atoms with Crippen molar-refractivity contribution in [3.63, 3.8) is 0 Å². The highest BCUT2D eigenvalue weighted by atomic mass is 19.1. The number of alkyl halides is 2. The minimum atomic E-state index is -1.39. The molecule has 0 aromatic rings. The topological polar surface area (TPSA) is 58.9 Å². The maximum atomic E-state index is 14.4. The number of hydrogen-bond acceptors (Lipinski definition) is 4. The third kappa shape index (κ3) is 4.40. The summed E-state index contributed by atoms with van der Waals surface area (Å²) in [4.78, 5) is 0. The van der Waals surface area contributed by atoms with Crippen LogP contribution >= 0.6 is 0 Å². The summed E-state index contributed by atoms with van der Waals surface area (Å²) in [6.45, 7) is 11.4. The van der Waals surface area contributed by atoms with Crippen molar-refractivity contribution >= 4 is 0 Å². The summed E-state index contributed by atoms with van der Waals surface area (Å²) in [7, 11) is 0. The van der Waals surface area contributed by atoms with Gasteiger partial charge in [-0.1, -0.05) is 41.5 Å². The molecule has 2 heterocycles. The van der Waals surface area contributed by atoms with Crippen LogP contribution < -0.4 is 0 Å². The van der Waals surface area contributed by atoms with Crippen molar-refractivity contribution < 1.29 is 28.5 Å². The Hall–Kier alpha value is -0.300. The quantitative estimate of drug-likeness (QED) is 0.714. The predicted octanol–water partition coefficient (Wildman–Crippen LogP) is 3.28. The highest BCUT2D eigenvalue weighted by molar-refractivity contribution is 4.96. The van der Waals surface area contributed by atoms with E-state index in [2.05, 4.69) is 0 Å². The molecule has 2 rings (SSSR count). The minimum absolute atomic E-state index is 0.00409. The molecule has 0 saturated carbocycles. The fourth-order valence-electron chi connectivity index (χ4n) is 4.27. The van der Waals surface area contributed by atoms with Gasteiger partial charge in [0.1, 0.15) is 12.2 Å². The number of aliphatic hydroxyl groups is 2. The summed E-state index contributed by atoms with van der Waals surface area (Å²) >= 11 is 0. The van der Waals surface area contributed by atoms with Crippen molar-refractivity contribution in [3.05, 3.63) is 0 Å². The molecular formula is C20H36F2O4. The lowest BCUT2D eigenvalue weighted by molar-refractivity contribution is -0.0469. The van der Waals surface area contributed by atoms with Crippen LogP contribution in [0.15, 0.2) is 0 Å². The molecule has 2 N–H and O–H groups in total. The maximum Gasteiger partial charge on any atom is 0.155 e. The molecule has 10 atom stereocenters. The molecule has 0 aromatic heterocycles. The van der Waals surface area contributed by atoms with Crippen LogP contribution in [0.25, 0.3) is 0 Å². The third-order valence-corrected chi connectivity index (χ3v) is 6.10. The van der Waals surface area contributed by atoms with Gasteiger partial charge in [-0.3, -0.25) is 0 Å². The molecule has 0 aliphatic carbocycles. The van der Waals surface area contributed by atoms with Gasteiger partial charge in [0.2, 0.25) is 0 Å². The van der Waals surface area contributed by atoms with Crippen molar-refractivity contribution in [2.75, 3.05) is 0 Å². The van der Waals surface area contributed by atoms with Crippen LogP contribution in [0, 0.1) is 23.7 Å². The van der Waals surface area contributed by atoms with Crippen LogP contribution in [0.5, 0.6) is 0 Å². The van der Waals surface area contributed by atoms with Gasteiger partial charge in [-0.25, -0.2) is 8.78 Å². The molecule has 26 heavy (non-hydrogen) atoms. The van der Waals surface area contributed by atoms with Crippen LogP contribution in [-0.4, -0.2) is 59.2 Å². The van der Waals surface area contributed by atoms with Gasteiger partial charge in [-0.2, -0.15) is 0 Å². The summed E-state index contributed by atoms with van der Waals surface area (Å²) in [5.74, 6) is -0.0634. The molecule has 4 nitrogen and oxygen atoms in total. The molecule has 0 spiro atoms. The first kappa shape index (κ1) is 22.0. The largest absolute Gasteiger partial charge is 0.387 e. The summed E-state index contributed by atoms with van der Waals surface area (Å²) in [6, 6.07) is 0. The molecular weight excluding hydrogens is 342 g/mol. The van der Waals surface area contributed by atoms with E-state index in [9.17, 15) is 19.0 Å². The maximum absolute atomic E-state index is 14.4. The van der Waals surface area contributed by atoms with Crippen molar-refractivity contribution in [1.82, 2.24) is 0 Å². The fraction of sp³-hybridized carbons (Fsp3) is 1.00. The van der Waals surface area contributed by atoms with Gasteiger partial charge in [-0.15, -0.1) is 0 Å². The molecule has 0 radical (unpaired) electrons. The Morgan fingerprint density at radius 2 is 1.04 bits per heavy atom. The van der Waals surface area contributed by atoms with E-state index in [1.54, 1.807) is 0 Å². The Morgan fingerprint density at radius 3 is 1.46 bits per heavy atom. The van der Waals surface area contributed by atoms with Crippen LogP contribution in [0.1, 0.15) is 54.4 Å². The van der Waals surface area contributed by atoms with E-state index in [-0.39, 0.29) is 23.7 Å². The van der Waals surface area contributed by atoms with E-state index in [1.807, 2.05) is 41.5 Å². The molecule has 0 bridgehead atoms. The molecule has 2 aliphatic rings. The molecule has 2 aliphatic heterocycles. The summed E-state index contributed by atoms with van der Waals surface area (Å²) in [6.07, 6.45) is -5.83. The van der Waals surface area contributed by atoms with Gasteiger partial charge in [0.25, 0.3) is 0 Å². The zero-order valence-electron chi connectivity index (χ0n) is 16.8. The minimum Gasteiger partial charge on any atom is -0.387 e. The Kier molecular flexibility index (Phi) is 7.45. The SMILES string of the molecule is CC(C)[C@H]1O[C@@H](C(C)CCC(C)[C@H]2O[C@@H](C(C)C)[C@H](O)[C@@H]2F)[C@H](O)[C@H]1F. The normalized spacial score (nSPS) is 43.4. The molecule has 2 unspecified atom stereocenters. The van der Waals surface area contributed by atoms with Crippen LogP contribution in [-0.2, 0) is 9.47 Å². The first-order valence-corrected chi connectivity index (χ1v) is 10.0. The number of aliphatic hydroxyl groups excluding tert-OH is 2. The number of halogens is 2. The van der Waals surface area contributed by atoms with Gasteiger partial charge < -0.3 is 19.7 Å². The van der Waals surface area contributed by atoms with Crippen LogP contribution in [0.4, 0.5) is 8.78 Å². The Labute approximate surface area is 156 Å². The van der Waals surface area contributed by atoms with Crippen molar-refractivity contribution in [2.24, 2.45) is 23.7 Å². The zero-order chi connectivity index (χ0) is 19.8. The van der Waals surface area contributed by atoms with Gasteiger partial charge in [0.15, 0.2) is 12.3 Å². The smallest absolute Gasteiger partial charge is 0.155 e. The van der Waals surface area contributed by atoms with E-state index in [0.29, 0.717) is 12.8 Å². The number of rotatable bonds is 7. The van der Waals surface area contributed by atoms with Crippen LogP contribution in [0.2, 0.25) is 0 Å². The van der Waals surface area contributed by atoms with Crippen molar-refractivity contribution in [2.45, 2.75) is 103 Å². The van der Waals surface area contributed by atoms with E-state index >= 15 is 0 Å². The van der Waals surface area contributed by atoms with Crippen molar-refractivity contribution in [3.8, 4) is 0 Å². The second-order valence-electron chi connectivity index (χ2n) is 9.02. The molecule has 2 fully saturated rings. The highest BCUT2D eigenvalue weighted by Crippen LogP contribution is 2.37.